The number of ether oxygens (including phenoxy) is 1. The molecule has 6 rings (SSSR count). The number of halogens is 1. The maximum Gasteiger partial charge on any atom is 0.0608 e. The van der Waals surface area contributed by atoms with Crippen LogP contribution in [0.25, 0.3) is 0 Å². The van der Waals surface area contributed by atoms with E-state index in [2.05, 4.69) is 46.3 Å². The van der Waals surface area contributed by atoms with Gasteiger partial charge in [-0.25, -0.2) is 0 Å². The van der Waals surface area contributed by atoms with Gasteiger partial charge in [0.1, 0.15) is 0 Å². The van der Waals surface area contributed by atoms with Crippen molar-refractivity contribution in [3.05, 3.63) is 35.9 Å². The van der Waals surface area contributed by atoms with Gasteiger partial charge in [-0.1, -0.05) is 46.3 Å². The zero-order valence-electron chi connectivity index (χ0n) is 10.4. The molecule has 6 bridgehead atoms. The summed E-state index contributed by atoms with van der Waals surface area (Å²) >= 11 is 4.07. The van der Waals surface area contributed by atoms with Gasteiger partial charge in [-0.15, -0.1) is 0 Å². The quantitative estimate of drug-likeness (QED) is 0.762. The SMILES string of the molecule is CO[C@H]1CC2C3C1C1C2C1(c1ccccc1)C3Br. The van der Waals surface area contributed by atoms with Gasteiger partial charge in [-0.2, -0.15) is 0 Å². The van der Waals surface area contributed by atoms with Crippen LogP contribution in [0.5, 0.6) is 0 Å². The normalized spacial score (nSPS) is 58.2. The second-order valence-electron chi connectivity index (χ2n) is 6.58. The molecule has 1 nitrogen and oxygen atoms in total. The highest BCUT2D eigenvalue weighted by Gasteiger charge is 2.89. The van der Waals surface area contributed by atoms with E-state index in [1.54, 1.807) is 5.56 Å². The fourth-order valence-electron chi connectivity index (χ4n) is 6.24. The highest BCUT2D eigenvalue weighted by molar-refractivity contribution is 9.09. The second-order valence-corrected chi connectivity index (χ2v) is 7.57. The van der Waals surface area contributed by atoms with E-state index in [0.717, 1.165) is 29.6 Å². The van der Waals surface area contributed by atoms with Crippen LogP contribution in [0.1, 0.15) is 12.0 Å². The molecule has 0 aromatic heterocycles. The molecule has 5 aliphatic carbocycles. The summed E-state index contributed by atoms with van der Waals surface area (Å²) in [4.78, 5) is 0.692. The Labute approximate surface area is 116 Å². The van der Waals surface area contributed by atoms with Gasteiger partial charge >= 0.3 is 0 Å². The summed E-state index contributed by atoms with van der Waals surface area (Å²) in [5.74, 6) is 4.48. The van der Waals surface area contributed by atoms with Gasteiger partial charge in [-0.3, -0.25) is 0 Å². The first-order chi connectivity index (χ1) is 8.81. The van der Waals surface area contributed by atoms with Gasteiger partial charge in [0.05, 0.1) is 6.10 Å². The molecule has 1 aromatic rings. The van der Waals surface area contributed by atoms with E-state index in [1.807, 2.05) is 7.11 Å². The van der Waals surface area contributed by atoms with Crippen molar-refractivity contribution in [2.75, 3.05) is 7.11 Å². The number of methoxy groups -OCH3 is 1. The first-order valence-electron chi connectivity index (χ1n) is 7.04. The van der Waals surface area contributed by atoms with Crippen LogP contribution < -0.4 is 0 Å². The standard InChI is InChI=1S/C16H17BrO/c1-18-10-7-9-11-12(10)14-13(9)16(14,15(11)17)8-5-3-2-4-6-8/h2-6,9-15H,7H2,1H3/t9?,10-,11?,12?,13?,14?,15?,16?/m0/s1. The van der Waals surface area contributed by atoms with E-state index in [-0.39, 0.29) is 0 Å². The lowest BCUT2D eigenvalue weighted by atomic mass is 9.93. The summed E-state index contributed by atoms with van der Waals surface area (Å²) in [6, 6.07) is 11.2. The van der Waals surface area contributed by atoms with Gasteiger partial charge < -0.3 is 4.74 Å². The summed E-state index contributed by atoms with van der Waals surface area (Å²) in [6.45, 7) is 0. The van der Waals surface area contributed by atoms with Gasteiger partial charge in [0.15, 0.2) is 0 Å². The Hall–Kier alpha value is -0.340. The van der Waals surface area contributed by atoms with Crippen LogP contribution in [-0.4, -0.2) is 18.0 Å². The molecule has 1 aromatic carbocycles. The summed E-state index contributed by atoms with van der Waals surface area (Å²) in [6.07, 6.45) is 1.85. The molecular weight excluding hydrogens is 288 g/mol. The molecule has 0 heterocycles. The van der Waals surface area contributed by atoms with Crippen LogP contribution in [0.3, 0.4) is 0 Å². The molecule has 2 heteroatoms. The zero-order chi connectivity index (χ0) is 12.1. The molecule has 7 unspecified atom stereocenters. The van der Waals surface area contributed by atoms with Crippen LogP contribution in [0.2, 0.25) is 0 Å². The third kappa shape index (κ3) is 0.830. The van der Waals surface area contributed by atoms with E-state index in [4.69, 9.17) is 4.74 Å². The molecule has 8 atom stereocenters. The average Bonchev–Trinajstić information content (AvgIpc) is 2.65. The third-order valence-electron chi connectivity index (χ3n) is 6.50. The minimum atomic E-state index is 0.467. The van der Waals surface area contributed by atoms with E-state index in [9.17, 15) is 0 Å². The number of alkyl halides is 1. The Balaban J connectivity index is 1.64. The number of hydrogen-bond acceptors (Lipinski definition) is 1. The minimum Gasteiger partial charge on any atom is -0.381 e. The molecule has 5 saturated carbocycles. The van der Waals surface area contributed by atoms with Crippen LogP contribution in [0.15, 0.2) is 30.3 Å². The molecule has 0 saturated heterocycles. The Morgan fingerprint density at radius 2 is 1.94 bits per heavy atom. The lowest BCUT2D eigenvalue weighted by Gasteiger charge is -2.19. The first kappa shape index (κ1) is 10.4. The van der Waals surface area contributed by atoms with Crippen molar-refractivity contribution in [2.45, 2.75) is 22.8 Å². The summed E-state index contributed by atoms with van der Waals surface area (Å²) < 4.78 is 5.75. The predicted octanol–water partition coefficient (Wildman–Crippen LogP) is 3.23. The van der Waals surface area contributed by atoms with E-state index in [0.29, 0.717) is 16.3 Å². The van der Waals surface area contributed by atoms with Crippen LogP contribution in [0.4, 0.5) is 0 Å². The van der Waals surface area contributed by atoms with Crippen LogP contribution in [-0.2, 0) is 10.2 Å². The summed E-state index contributed by atoms with van der Waals surface area (Å²) in [5, 5.41) is 0. The van der Waals surface area contributed by atoms with Crippen molar-refractivity contribution < 1.29 is 4.74 Å². The molecule has 0 aliphatic heterocycles. The lowest BCUT2D eigenvalue weighted by molar-refractivity contribution is 0.0499. The molecular formula is C16H17BrO. The van der Waals surface area contributed by atoms with Gasteiger partial charge in [-0.05, 0) is 41.6 Å². The van der Waals surface area contributed by atoms with Gasteiger partial charge in [0.2, 0.25) is 0 Å². The van der Waals surface area contributed by atoms with Crippen molar-refractivity contribution >= 4 is 15.9 Å². The number of benzene rings is 1. The van der Waals surface area contributed by atoms with Crippen molar-refractivity contribution in [3.63, 3.8) is 0 Å². The predicted molar refractivity (Wildman–Crippen MR) is 73.7 cm³/mol. The minimum absolute atomic E-state index is 0.467. The fourth-order valence-corrected chi connectivity index (χ4v) is 7.86. The van der Waals surface area contributed by atoms with Gasteiger partial charge in [0, 0.05) is 17.4 Å². The third-order valence-corrected chi connectivity index (χ3v) is 7.87. The second kappa shape index (κ2) is 3.04. The van der Waals surface area contributed by atoms with Gasteiger partial charge in [0.25, 0.3) is 0 Å². The summed E-state index contributed by atoms with van der Waals surface area (Å²) in [7, 11) is 1.90. The molecule has 5 fully saturated rings. The highest BCUT2D eigenvalue weighted by atomic mass is 79.9. The molecule has 94 valence electrons. The lowest BCUT2D eigenvalue weighted by Crippen LogP contribution is -2.22. The first-order valence-corrected chi connectivity index (χ1v) is 7.95. The topological polar surface area (TPSA) is 9.23 Å². The number of rotatable bonds is 2. The number of hydrogen-bond donors (Lipinski definition) is 0. The molecule has 0 N–H and O–H groups in total. The Bertz CT molecular complexity index is 511. The molecule has 18 heavy (non-hydrogen) atoms. The largest absolute Gasteiger partial charge is 0.381 e. The highest BCUT2D eigenvalue weighted by Crippen LogP contribution is 2.88. The molecule has 0 radical (unpaired) electrons. The van der Waals surface area contributed by atoms with E-state index in [1.165, 1.54) is 6.42 Å². The van der Waals surface area contributed by atoms with Crippen molar-refractivity contribution in [3.8, 4) is 0 Å². The Kier molecular flexibility index (Phi) is 1.76. The molecule has 5 aliphatic rings. The Morgan fingerprint density at radius 3 is 2.61 bits per heavy atom. The van der Waals surface area contributed by atoms with Crippen molar-refractivity contribution in [2.24, 2.45) is 29.6 Å². The summed E-state index contributed by atoms with van der Waals surface area (Å²) in [5.41, 5.74) is 2.04. The van der Waals surface area contributed by atoms with Crippen molar-refractivity contribution in [1.82, 2.24) is 0 Å². The van der Waals surface area contributed by atoms with E-state index < -0.39 is 0 Å². The molecule has 0 amide bonds. The smallest absolute Gasteiger partial charge is 0.0608 e. The zero-order valence-corrected chi connectivity index (χ0v) is 12.0. The monoisotopic (exact) mass is 304 g/mol. The average molecular weight is 305 g/mol. The van der Waals surface area contributed by atoms with Crippen LogP contribution in [0, 0.1) is 29.6 Å². The van der Waals surface area contributed by atoms with Crippen LogP contribution >= 0.6 is 15.9 Å². The maximum atomic E-state index is 5.75. The molecule has 0 spiro atoms. The van der Waals surface area contributed by atoms with Crippen molar-refractivity contribution in [1.29, 1.82) is 0 Å². The fraction of sp³-hybridized carbons (Fsp3) is 0.625. The van der Waals surface area contributed by atoms with E-state index >= 15 is 0 Å². The maximum absolute atomic E-state index is 5.75. The Morgan fingerprint density at radius 1 is 1.17 bits per heavy atom.